The summed E-state index contributed by atoms with van der Waals surface area (Å²) in [4.78, 5) is 21.5. The van der Waals surface area contributed by atoms with Crippen molar-refractivity contribution >= 4 is 28.0 Å². The number of hydrogen-bond acceptors (Lipinski definition) is 5. The lowest BCUT2D eigenvalue weighted by Gasteiger charge is -2.09. The second-order valence-electron chi connectivity index (χ2n) is 4.02. The Hall–Kier alpha value is -2.29. The minimum Gasteiger partial charge on any atom is -0.481 e. The van der Waals surface area contributed by atoms with Crippen molar-refractivity contribution in [2.45, 2.75) is 19.8 Å². The standard InChI is InChI=1S/C12H16N2O6S/c1-2-20-12(17)14-21(18,19)13-10-6-3-9(4-7-10)5-8-11(15)16/h3-4,6-7,13H,2,5,8H2,1H3,(H,14,17)(H,15,16). The van der Waals surface area contributed by atoms with E-state index in [1.54, 1.807) is 23.8 Å². The van der Waals surface area contributed by atoms with Crippen LogP contribution in [0.5, 0.6) is 0 Å². The van der Waals surface area contributed by atoms with E-state index in [0.717, 1.165) is 5.56 Å². The SMILES string of the molecule is CCOC(=O)NS(=O)(=O)Nc1ccc(CCC(=O)O)cc1. The Morgan fingerprint density at radius 2 is 1.86 bits per heavy atom. The monoisotopic (exact) mass is 316 g/mol. The molecule has 0 unspecified atom stereocenters. The van der Waals surface area contributed by atoms with Crippen molar-refractivity contribution < 1.29 is 27.9 Å². The van der Waals surface area contributed by atoms with Crippen molar-refractivity contribution in [3.63, 3.8) is 0 Å². The number of nitrogens with one attached hydrogen (secondary N) is 2. The second kappa shape index (κ2) is 7.48. The van der Waals surface area contributed by atoms with Crippen LogP contribution in [0.2, 0.25) is 0 Å². The van der Waals surface area contributed by atoms with Crippen molar-refractivity contribution in [1.82, 2.24) is 4.72 Å². The van der Waals surface area contributed by atoms with Crippen LogP contribution < -0.4 is 9.44 Å². The highest BCUT2D eigenvalue weighted by Crippen LogP contribution is 2.12. The minimum absolute atomic E-state index is 0.00448. The summed E-state index contributed by atoms with van der Waals surface area (Å²) in [5.41, 5.74) is 1.00. The molecule has 3 N–H and O–H groups in total. The summed E-state index contributed by atoms with van der Waals surface area (Å²) in [5.74, 6) is -0.904. The predicted molar refractivity (Wildman–Crippen MR) is 75.1 cm³/mol. The number of hydrogen-bond donors (Lipinski definition) is 3. The van der Waals surface area contributed by atoms with E-state index in [1.165, 1.54) is 12.1 Å². The molecular formula is C12H16N2O6S. The summed E-state index contributed by atoms with van der Waals surface area (Å²) >= 11 is 0. The van der Waals surface area contributed by atoms with Crippen LogP contribution in [-0.4, -0.2) is 32.2 Å². The van der Waals surface area contributed by atoms with Crippen LogP contribution in [-0.2, 0) is 26.2 Å². The maximum atomic E-state index is 11.6. The van der Waals surface area contributed by atoms with E-state index in [2.05, 4.69) is 9.46 Å². The van der Waals surface area contributed by atoms with Crippen molar-refractivity contribution in [2.75, 3.05) is 11.3 Å². The van der Waals surface area contributed by atoms with E-state index >= 15 is 0 Å². The van der Waals surface area contributed by atoms with E-state index < -0.39 is 22.3 Å². The average molecular weight is 316 g/mol. The van der Waals surface area contributed by atoms with Gasteiger partial charge >= 0.3 is 22.3 Å². The molecule has 0 spiro atoms. The molecule has 0 saturated heterocycles. The number of aryl methyl sites for hydroxylation is 1. The summed E-state index contributed by atoms with van der Waals surface area (Å²) in [6.07, 6.45) is -0.720. The number of aliphatic carboxylic acids is 1. The fourth-order valence-corrected chi connectivity index (χ4v) is 2.22. The first-order valence-corrected chi connectivity index (χ1v) is 7.58. The average Bonchev–Trinajstić information content (AvgIpc) is 2.37. The number of carbonyl (C=O) groups excluding carboxylic acids is 1. The molecule has 0 aromatic heterocycles. The van der Waals surface area contributed by atoms with E-state index in [1.807, 2.05) is 0 Å². The van der Waals surface area contributed by atoms with Crippen molar-refractivity contribution in [3.8, 4) is 0 Å². The molecule has 9 heteroatoms. The van der Waals surface area contributed by atoms with Crippen molar-refractivity contribution in [3.05, 3.63) is 29.8 Å². The summed E-state index contributed by atoms with van der Waals surface area (Å²) in [6.45, 7) is 1.61. The van der Waals surface area contributed by atoms with E-state index in [0.29, 0.717) is 6.42 Å². The third-order valence-corrected chi connectivity index (χ3v) is 3.27. The van der Waals surface area contributed by atoms with Gasteiger partial charge in [-0.1, -0.05) is 12.1 Å². The molecule has 1 amide bonds. The number of benzene rings is 1. The van der Waals surface area contributed by atoms with Crippen LogP contribution in [0.15, 0.2) is 24.3 Å². The third kappa shape index (κ3) is 6.61. The Labute approximate surface area is 122 Å². The summed E-state index contributed by atoms with van der Waals surface area (Å²) < 4.78 is 31.5. The summed E-state index contributed by atoms with van der Waals surface area (Å²) in [5, 5.41) is 8.57. The Bertz CT molecular complexity index is 597. The number of carboxylic acids is 1. The van der Waals surface area contributed by atoms with Gasteiger partial charge in [0.1, 0.15) is 0 Å². The zero-order chi connectivity index (χ0) is 15.9. The molecule has 0 aliphatic heterocycles. The number of amides is 1. The second-order valence-corrected chi connectivity index (χ2v) is 5.43. The molecule has 0 saturated carbocycles. The van der Waals surface area contributed by atoms with Crippen LogP contribution in [0.4, 0.5) is 10.5 Å². The highest BCUT2D eigenvalue weighted by molar-refractivity contribution is 7.91. The van der Waals surface area contributed by atoms with Gasteiger partial charge in [0, 0.05) is 6.42 Å². The Balaban J connectivity index is 2.62. The number of carbonyl (C=O) groups is 2. The summed E-state index contributed by atoms with van der Waals surface area (Å²) in [7, 11) is -4.06. The van der Waals surface area contributed by atoms with Crippen LogP contribution in [0.3, 0.4) is 0 Å². The molecule has 0 heterocycles. The lowest BCUT2D eigenvalue weighted by Crippen LogP contribution is -2.35. The molecule has 0 aliphatic carbocycles. The lowest BCUT2D eigenvalue weighted by molar-refractivity contribution is -0.136. The molecule has 8 nitrogen and oxygen atoms in total. The number of ether oxygens (including phenoxy) is 1. The van der Waals surface area contributed by atoms with Gasteiger partial charge in [-0.25, -0.2) is 9.52 Å². The van der Waals surface area contributed by atoms with Gasteiger partial charge in [-0.2, -0.15) is 8.42 Å². The molecule has 0 bridgehead atoms. The molecule has 0 aliphatic rings. The Kier molecular flexibility index (Phi) is 5.97. The topological polar surface area (TPSA) is 122 Å². The third-order valence-electron chi connectivity index (χ3n) is 2.33. The molecule has 1 aromatic carbocycles. The molecule has 21 heavy (non-hydrogen) atoms. The van der Waals surface area contributed by atoms with Gasteiger partial charge in [-0.05, 0) is 31.0 Å². The first kappa shape index (κ1) is 16.8. The maximum absolute atomic E-state index is 11.6. The van der Waals surface area contributed by atoms with Crippen LogP contribution in [0.1, 0.15) is 18.9 Å². The van der Waals surface area contributed by atoms with Gasteiger partial charge in [0.2, 0.25) is 0 Å². The molecule has 0 atom stereocenters. The zero-order valence-corrected chi connectivity index (χ0v) is 12.1. The largest absolute Gasteiger partial charge is 0.481 e. The van der Waals surface area contributed by atoms with Crippen LogP contribution in [0, 0.1) is 0 Å². The van der Waals surface area contributed by atoms with Gasteiger partial charge in [-0.15, -0.1) is 0 Å². The Morgan fingerprint density at radius 3 is 2.38 bits per heavy atom. The molecule has 116 valence electrons. The van der Waals surface area contributed by atoms with Crippen LogP contribution in [0.25, 0.3) is 0 Å². The van der Waals surface area contributed by atoms with E-state index in [9.17, 15) is 18.0 Å². The molecule has 0 radical (unpaired) electrons. The first-order valence-electron chi connectivity index (χ1n) is 6.10. The van der Waals surface area contributed by atoms with Crippen molar-refractivity contribution in [2.24, 2.45) is 0 Å². The fourth-order valence-electron chi connectivity index (χ4n) is 1.44. The van der Waals surface area contributed by atoms with Gasteiger partial charge in [0.05, 0.1) is 12.3 Å². The molecule has 0 fully saturated rings. The van der Waals surface area contributed by atoms with Gasteiger partial charge in [0.25, 0.3) is 0 Å². The zero-order valence-electron chi connectivity index (χ0n) is 11.3. The van der Waals surface area contributed by atoms with Crippen molar-refractivity contribution in [1.29, 1.82) is 0 Å². The normalized spacial score (nSPS) is 10.7. The van der Waals surface area contributed by atoms with Gasteiger partial charge in [-0.3, -0.25) is 9.52 Å². The fraction of sp³-hybridized carbons (Fsp3) is 0.333. The molecular weight excluding hydrogens is 300 g/mol. The maximum Gasteiger partial charge on any atom is 0.422 e. The van der Waals surface area contributed by atoms with E-state index in [-0.39, 0.29) is 18.7 Å². The highest BCUT2D eigenvalue weighted by Gasteiger charge is 2.14. The van der Waals surface area contributed by atoms with E-state index in [4.69, 9.17) is 5.11 Å². The summed E-state index contributed by atoms with van der Waals surface area (Å²) in [6, 6.07) is 6.15. The number of anilines is 1. The first-order chi connectivity index (χ1) is 9.82. The minimum atomic E-state index is -4.06. The highest BCUT2D eigenvalue weighted by atomic mass is 32.2. The predicted octanol–water partition coefficient (Wildman–Crippen LogP) is 1.11. The van der Waals surface area contributed by atoms with Gasteiger partial charge in [0.15, 0.2) is 0 Å². The molecule has 1 rings (SSSR count). The quantitative estimate of drug-likeness (QED) is 0.692. The number of carboxylic acid groups (broad SMARTS) is 1. The molecule has 1 aromatic rings. The lowest BCUT2D eigenvalue weighted by atomic mass is 10.1. The van der Waals surface area contributed by atoms with Crippen LogP contribution >= 0.6 is 0 Å². The Morgan fingerprint density at radius 1 is 1.24 bits per heavy atom. The smallest absolute Gasteiger partial charge is 0.422 e. The van der Waals surface area contributed by atoms with Gasteiger partial charge < -0.3 is 9.84 Å². The number of rotatable bonds is 7.